The summed E-state index contributed by atoms with van der Waals surface area (Å²) in [6, 6.07) is 12.8. The lowest BCUT2D eigenvalue weighted by molar-refractivity contribution is -0.115. The van der Waals surface area contributed by atoms with Gasteiger partial charge in [-0.2, -0.15) is 0 Å². The fourth-order valence-corrected chi connectivity index (χ4v) is 3.05. The molecule has 3 N–H and O–H groups in total. The summed E-state index contributed by atoms with van der Waals surface area (Å²) < 4.78 is 19.4. The molecule has 9 heteroatoms. The zero-order valence-electron chi connectivity index (χ0n) is 14.7. The van der Waals surface area contributed by atoms with Crippen LogP contribution in [0.3, 0.4) is 0 Å². The number of rotatable bonds is 6. The van der Waals surface area contributed by atoms with Crippen molar-refractivity contribution in [2.45, 2.75) is 17.3 Å². The largest absolute Gasteiger partial charge is 0.497 e. The molecule has 0 aliphatic rings. The molecule has 2 aromatic carbocycles. The first-order chi connectivity index (χ1) is 13.0. The van der Waals surface area contributed by atoms with Gasteiger partial charge in [0.15, 0.2) is 5.82 Å². The molecule has 0 aliphatic heterocycles. The van der Waals surface area contributed by atoms with Gasteiger partial charge in [-0.15, -0.1) is 10.2 Å². The smallest absolute Gasteiger partial charge is 0.237 e. The number of anilines is 1. The number of thioether (sulfide) groups is 1. The Kier molecular flexibility index (Phi) is 5.60. The summed E-state index contributed by atoms with van der Waals surface area (Å²) in [5, 5.41) is 10.8. The van der Waals surface area contributed by atoms with Crippen molar-refractivity contribution in [1.82, 2.24) is 14.9 Å². The van der Waals surface area contributed by atoms with Gasteiger partial charge >= 0.3 is 0 Å². The first-order valence-corrected chi connectivity index (χ1v) is 8.94. The molecule has 140 valence electrons. The number of nitrogens with zero attached hydrogens (tertiary/aromatic N) is 3. The number of carbonyl (C=O) groups excluding carboxylic acids is 1. The van der Waals surface area contributed by atoms with Gasteiger partial charge in [-0.05, 0) is 55.5 Å². The molecule has 7 nitrogen and oxygen atoms in total. The van der Waals surface area contributed by atoms with Crippen LogP contribution in [0.1, 0.15) is 6.92 Å². The van der Waals surface area contributed by atoms with Crippen LogP contribution in [0.15, 0.2) is 53.7 Å². The Bertz CT molecular complexity index is 928. The summed E-state index contributed by atoms with van der Waals surface area (Å²) in [5.41, 5.74) is 1.29. The summed E-state index contributed by atoms with van der Waals surface area (Å²) in [6.07, 6.45) is 0. The topological polar surface area (TPSA) is 95.1 Å². The van der Waals surface area contributed by atoms with E-state index >= 15 is 0 Å². The molecule has 3 aromatic rings. The molecule has 0 saturated heterocycles. The predicted octanol–water partition coefficient (Wildman–Crippen LogP) is 2.93. The third-order valence-electron chi connectivity index (χ3n) is 3.78. The average molecular weight is 387 g/mol. The van der Waals surface area contributed by atoms with Gasteiger partial charge in [0.2, 0.25) is 11.1 Å². The first kappa shape index (κ1) is 18.7. The second-order valence-electron chi connectivity index (χ2n) is 5.66. The summed E-state index contributed by atoms with van der Waals surface area (Å²) in [4.78, 5) is 12.4. The third kappa shape index (κ3) is 4.37. The van der Waals surface area contributed by atoms with Gasteiger partial charge in [-0.25, -0.2) is 9.07 Å². The minimum Gasteiger partial charge on any atom is -0.497 e. The molecule has 1 unspecified atom stereocenters. The number of ether oxygens (including phenoxy) is 1. The van der Waals surface area contributed by atoms with Crippen LogP contribution in [-0.4, -0.2) is 33.1 Å². The van der Waals surface area contributed by atoms with Crippen LogP contribution >= 0.6 is 11.8 Å². The molecule has 1 amide bonds. The molecule has 1 heterocycles. The number of nitrogens with one attached hydrogen (secondary N) is 1. The Balaban J connectivity index is 1.67. The molecule has 0 spiro atoms. The van der Waals surface area contributed by atoms with Crippen molar-refractivity contribution < 1.29 is 13.9 Å². The van der Waals surface area contributed by atoms with Crippen molar-refractivity contribution in [2.75, 3.05) is 18.3 Å². The molecule has 0 bridgehead atoms. The maximum Gasteiger partial charge on any atom is 0.237 e. The Labute approximate surface area is 159 Å². The van der Waals surface area contributed by atoms with E-state index in [2.05, 4.69) is 15.5 Å². The number of hydrogen-bond acceptors (Lipinski definition) is 6. The number of nitrogens with two attached hydrogens (primary N) is 1. The molecule has 0 aliphatic carbocycles. The third-order valence-corrected chi connectivity index (χ3v) is 4.83. The van der Waals surface area contributed by atoms with Crippen LogP contribution in [0.5, 0.6) is 5.75 Å². The molecular weight excluding hydrogens is 369 g/mol. The molecule has 3 rings (SSSR count). The van der Waals surface area contributed by atoms with Gasteiger partial charge in [0, 0.05) is 11.3 Å². The number of benzene rings is 2. The van der Waals surface area contributed by atoms with Gasteiger partial charge < -0.3 is 15.9 Å². The van der Waals surface area contributed by atoms with Crippen LogP contribution in [0.4, 0.5) is 10.1 Å². The number of halogens is 1. The Morgan fingerprint density at radius 1 is 1.19 bits per heavy atom. The number of methoxy groups -OCH3 is 1. The summed E-state index contributed by atoms with van der Waals surface area (Å²) in [5.74, 6) is 6.59. The minimum absolute atomic E-state index is 0.198. The standard InChI is InChI=1S/C18H18FN5O2S/c1-11(17(25)21-14-7-9-15(26-2)10-8-14)27-18-23-22-16(24(18)20)12-3-5-13(19)6-4-12/h3-11H,20H2,1-2H3,(H,21,25). The maximum absolute atomic E-state index is 13.1. The molecular formula is C18H18FN5O2S. The maximum atomic E-state index is 13.1. The lowest BCUT2D eigenvalue weighted by Crippen LogP contribution is -2.23. The van der Waals surface area contributed by atoms with E-state index in [0.717, 1.165) is 0 Å². The van der Waals surface area contributed by atoms with Gasteiger partial charge in [-0.1, -0.05) is 11.8 Å². The highest BCUT2D eigenvalue weighted by Crippen LogP contribution is 2.26. The van der Waals surface area contributed by atoms with Crippen molar-refractivity contribution in [3.63, 3.8) is 0 Å². The molecule has 27 heavy (non-hydrogen) atoms. The van der Waals surface area contributed by atoms with Crippen LogP contribution < -0.4 is 15.9 Å². The monoisotopic (exact) mass is 387 g/mol. The van der Waals surface area contributed by atoms with E-state index in [1.54, 1.807) is 50.4 Å². The highest BCUT2D eigenvalue weighted by molar-refractivity contribution is 8.00. The van der Waals surface area contributed by atoms with E-state index in [0.29, 0.717) is 28.0 Å². The Morgan fingerprint density at radius 3 is 2.48 bits per heavy atom. The molecule has 1 aromatic heterocycles. The van der Waals surface area contributed by atoms with E-state index < -0.39 is 5.25 Å². The Morgan fingerprint density at radius 2 is 1.85 bits per heavy atom. The van der Waals surface area contributed by atoms with Gasteiger partial charge in [0.1, 0.15) is 11.6 Å². The van der Waals surface area contributed by atoms with Gasteiger partial charge in [-0.3, -0.25) is 4.79 Å². The first-order valence-electron chi connectivity index (χ1n) is 8.06. The van der Waals surface area contributed by atoms with Crippen LogP contribution in [-0.2, 0) is 4.79 Å². The van der Waals surface area contributed by atoms with E-state index in [1.807, 2.05) is 0 Å². The summed E-state index contributed by atoms with van der Waals surface area (Å²) in [6.45, 7) is 1.75. The summed E-state index contributed by atoms with van der Waals surface area (Å²) in [7, 11) is 1.58. The number of carbonyl (C=O) groups is 1. The number of aromatic nitrogens is 3. The Hall–Kier alpha value is -3.07. The van der Waals surface area contributed by atoms with E-state index in [9.17, 15) is 9.18 Å². The van der Waals surface area contributed by atoms with E-state index in [4.69, 9.17) is 10.6 Å². The van der Waals surface area contributed by atoms with Crippen LogP contribution in [0, 0.1) is 5.82 Å². The zero-order chi connectivity index (χ0) is 19.4. The fourth-order valence-electron chi connectivity index (χ4n) is 2.28. The normalized spacial score (nSPS) is 11.8. The minimum atomic E-state index is -0.459. The molecule has 0 fully saturated rings. The molecule has 0 saturated carbocycles. The number of amides is 1. The van der Waals surface area contributed by atoms with Crippen molar-refractivity contribution in [2.24, 2.45) is 0 Å². The summed E-state index contributed by atoms with van der Waals surface area (Å²) >= 11 is 1.18. The second kappa shape index (κ2) is 8.09. The van der Waals surface area contributed by atoms with Crippen molar-refractivity contribution >= 4 is 23.4 Å². The van der Waals surface area contributed by atoms with Crippen molar-refractivity contribution in [3.05, 3.63) is 54.3 Å². The second-order valence-corrected chi connectivity index (χ2v) is 6.97. The fraction of sp³-hybridized carbons (Fsp3) is 0.167. The molecule has 1 atom stereocenters. The van der Waals surface area contributed by atoms with E-state index in [-0.39, 0.29) is 11.7 Å². The zero-order valence-corrected chi connectivity index (χ0v) is 15.5. The highest BCUT2D eigenvalue weighted by atomic mass is 32.2. The lowest BCUT2D eigenvalue weighted by atomic mass is 10.2. The van der Waals surface area contributed by atoms with Crippen molar-refractivity contribution in [1.29, 1.82) is 0 Å². The molecule has 0 radical (unpaired) electrons. The predicted molar refractivity (Wildman–Crippen MR) is 103 cm³/mol. The lowest BCUT2D eigenvalue weighted by Gasteiger charge is -2.12. The SMILES string of the molecule is COc1ccc(NC(=O)C(C)Sc2nnc(-c3ccc(F)cc3)n2N)cc1. The van der Waals surface area contributed by atoms with Gasteiger partial charge in [0.05, 0.1) is 12.4 Å². The van der Waals surface area contributed by atoms with Crippen LogP contribution in [0.25, 0.3) is 11.4 Å². The number of hydrogen-bond donors (Lipinski definition) is 2. The highest BCUT2D eigenvalue weighted by Gasteiger charge is 2.20. The van der Waals surface area contributed by atoms with Crippen molar-refractivity contribution in [3.8, 4) is 17.1 Å². The van der Waals surface area contributed by atoms with E-state index in [1.165, 1.54) is 28.6 Å². The van der Waals surface area contributed by atoms with Crippen LogP contribution in [0.2, 0.25) is 0 Å². The number of nitrogen functional groups attached to an aromatic ring is 1. The quantitative estimate of drug-likeness (QED) is 0.499. The van der Waals surface area contributed by atoms with Gasteiger partial charge in [0.25, 0.3) is 0 Å². The average Bonchev–Trinajstić information content (AvgIpc) is 3.03.